The molecule has 0 radical (unpaired) electrons. The van der Waals surface area contributed by atoms with Crippen LogP contribution in [-0.4, -0.2) is 35.8 Å². The zero-order valence-electron chi connectivity index (χ0n) is 15.7. The highest BCUT2D eigenvalue weighted by atomic mass is 16.5. The summed E-state index contributed by atoms with van der Waals surface area (Å²) in [6.07, 6.45) is 0.198. The number of esters is 1. The third-order valence-corrected chi connectivity index (χ3v) is 4.62. The summed E-state index contributed by atoms with van der Waals surface area (Å²) >= 11 is 0. The van der Waals surface area contributed by atoms with E-state index < -0.39 is 11.5 Å². The summed E-state index contributed by atoms with van der Waals surface area (Å²) in [5.74, 6) is -1.70. The van der Waals surface area contributed by atoms with Crippen LogP contribution in [0.2, 0.25) is 0 Å². The molecule has 1 aliphatic rings. The van der Waals surface area contributed by atoms with Crippen LogP contribution in [0.5, 0.6) is 0 Å². The van der Waals surface area contributed by atoms with Crippen molar-refractivity contribution in [3.05, 3.63) is 76.1 Å². The Bertz CT molecular complexity index is 973. The van der Waals surface area contributed by atoms with E-state index in [1.54, 1.807) is 56.3 Å². The quantitative estimate of drug-likeness (QED) is 0.740. The number of rotatable bonds is 6. The van der Waals surface area contributed by atoms with Gasteiger partial charge in [-0.05, 0) is 50.1 Å². The number of aliphatic hydroxyl groups excluding tert-OH is 1. The Morgan fingerprint density at radius 2 is 1.79 bits per heavy atom. The van der Waals surface area contributed by atoms with Gasteiger partial charge in [0.25, 0.3) is 0 Å². The molecule has 0 aliphatic heterocycles. The first-order chi connectivity index (χ1) is 13.4. The van der Waals surface area contributed by atoms with E-state index in [0.29, 0.717) is 29.8 Å². The number of benzene rings is 2. The maximum Gasteiger partial charge on any atom is 0.338 e. The molecule has 6 nitrogen and oxygen atoms in total. The van der Waals surface area contributed by atoms with Gasteiger partial charge >= 0.3 is 5.97 Å². The van der Waals surface area contributed by atoms with E-state index in [1.165, 1.54) is 0 Å². The molecule has 0 saturated heterocycles. The molecule has 1 aliphatic carbocycles. The van der Waals surface area contributed by atoms with Gasteiger partial charge in [-0.3, -0.25) is 9.59 Å². The van der Waals surface area contributed by atoms with Crippen LogP contribution in [0, 0.1) is 6.92 Å². The second-order valence-electron chi connectivity index (χ2n) is 6.46. The lowest BCUT2D eigenvalue weighted by molar-refractivity contribution is 0.0526. The van der Waals surface area contributed by atoms with E-state index in [-0.39, 0.29) is 29.3 Å². The molecule has 0 amide bonds. The molecular formula is C22H21NO5. The molecule has 2 aromatic carbocycles. The molecule has 0 atom stereocenters. The summed E-state index contributed by atoms with van der Waals surface area (Å²) < 4.78 is 4.94. The number of aryl methyl sites for hydroxylation is 1. The molecule has 6 heteroatoms. The zero-order chi connectivity index (χ0) is 20.3. The van der Waals surface area contributed by atoms with Gasteiger partial charge in [-0.1, -0.05) is 18.2 Å². The topological polar surface area (TPSA) is 92.7 Å². The van der Waals surface area contributed by atoms with Gasteiger partial charge in [0.2, 0.25) is 5.78 Å². The highest BCUT2D eigenvalue weighted by Gasteiger charge is 2.32. The van der Waals surface area contributed by atoms with Gasteiger partial charge in [0.15, 0.2) is 11.5 Å². The third-order valence-electron chi connectivity index (χ3n) is 4.62. The van der Waals surface area contributed by atoms with Crippen molar-refractivity contribution in [2.45, 2.75) is 20.3 Å². The highest BCUT2D eigenvalue weighted by Crippen LogP contribution is 2.29. The van der Waals surface area contributed by atoms with Crippen molar-refractivity contribution in [1.29, 1.82) is 0 Å². The third kappa shape index (κ3) is 3.67. The predicted molar refractivity (Wildman–Crippen MR) is 105 cm³/mol. The van der Waals surface area contributed by atoms with Crippen molar-refractivity contribution in [3.63, 3.8) is 0 Å². The molecular weight excluding hydrogens is 358 g/mol. The van der Waals surface area contributed by atoms with E-state index in [9.17, 15) is 19.5 Å². The Kier molecular flexibility index (Phi) is 5.59. The minimum absolute atomic E-state index is 0.113. The molecule has 2 N–H and O–H groups in total. The second-order valence-corrected chi connectivity index (χ2v) is 6.46. The number of anilines is 1. The van der Waals surface area contributed by atoms with Crippen LogP contribution in [0.15, 0.2) is 53.8 Å². The van der Waals surface area contributed by atoms with E-state index in [1.807, 2.05) is 0 Å². The number of allylic oxidation sites excluding steroid dienone is 1. The Morgan fingerprint density at radius 3 is 2.46 bits per heavy atom. The van der Waals surface area contributed by atoms with Gasteiger partial charge < -0.3 is 15.2 Å². The van der Waals surface area contributed by atoms with Gasteiger partial charge in [0.1, 0.15) is 0 Å². The summed E-state index contributed by atoms with van der Waals surface area (Å²) in [7, 11) is 0. The molecule has 0 bridgehead atoms. The van der Waals surface area contributed by atoms with E-state index in [2.05, 4.69) is 5.32 Å². The zero-order valence-corrected chi connectivity index (χ0v) is 15.7. The van der Waals surface area contributed by atoms with Crippen LogP contribution >= 0.6 is 0 Å². The average molecular weight is 379 g/mol. The van der Waals surface area contributed by atoms with Gasteiger partial charge in [-0.15, -0.1) is 0 Å². The van der Waals surface area contributed by atoms with Crippen molar-refractivity contribution in [2.75, 3.05) is 18.5 Å². The van der Waals surface area contributed by atoms with Gasteiger partial charge in [-0.25, -0.2) is 4.79 Å². The maximum atomic E-state index is 12.8. The smallest absolute Gasteiger partial charge is 0.338 e. The summed E-state index contributed by atoms with van der Waals surface area (Å²) in [6.45, 7) is 4.17. The number of Topliss-reactive ketones (excluding diaryl/α,β-unsaturated/α-hetero) is 2. The Labute approximate surface area is 162 Å². The van der Waals surface area contributed by atoms with Gasteiger partial charge in [0.05, 0.1) is 12.2 Å². The first-order valence-electron chi connectivity index (χ1n) is 9.06. The van der Waals surface area contributed by atoms with Crippen molar-refractivity contribution in [1.82, 2.24) is 0 Å². The summed E-state index contributed by atoms with van der Waals surface area (Å²) in [6, 6.07) is 11.8. The SMILES string of the molecule is CCOC(=O)c1ccc(NCCC2=C(O)C(=O)c3cccc(C)c3C2=O)cc1. The first kappa shape index (κ1) is 19.4. The molecule has 2 aromatic rings. The van der Waals surface area contributed by atoms with E-state index in [4.69, 9.17) is 4.74 Å². The molecule has 0 aromatic heterocycles. The second kappa shape index (κ2) is 8.08. The fourth-order valence-corrected chi connectivity index (χ4v) is 3.18. The average Bonchev–Trinajstić information content (AvgIpc) is 2.69. The summed E-state index contributed by atoms with van der Waals surface area (Å²) in [5, 5.41) is 13.3. The number of hydrogen-bond donors (Lipinski definition) is 2. The number of fused-ring (bicyclic) bond motifs is 1. The van der Waals surface area contributed by atoms with Crippen molar-refractivity contribution in [2.24, 2.45) is 0 Å². The number of nitrogens with one attached hydrogen (secondary N) is 1. The fourth-order valence-electron chi connectivity index (χ4n) is 3.18. The highest BCUT2D eigenvalue weighted by molar-refractivity contribution is 6.26. The van der Waals surface area contributed by atoms with Gasteiger partial charge in [-0.2, -0.15) is 0 Å². The minimum Gasteiger partial charge on any atom is -0.504 e. The predicted octanol–water partition coefficient (Wildman–Crippen LogP) is 3.87. The number of carbonyl (C=O) groups excluding carboxylic acids is 3. The normalized spacial score (nSPS) is 13.4. The van der Waals surface area contributed by atoms with Crippen LogP contribution in [0.1, 0.15) is 50.0 Å². The number of carbonyl (C=O) groups is 3. The van der Waals surface area contributed by atoms with Crippen LogP contribution < -0.4 is 5.32 Å². The summed E-state index contributed by atoms with van der Waals surface area (Å²) in [5.41, 5.74) is 2.63. The van der Waals surface area contributed by atoms with Crippen LogP contribution in [0.25, 0.3) is 0 Å². The number of ketones is 2. The molecule has 0 spiro atoms. The van der Waals surface area contributed by atoms with Crippen LogP contribution in [-0.2, 0) is 4.74 Å². The lowest BCUT2D eigenvalue weighted by Gasteiger charge is -2.19. The standard InChI is InChI=1S/C22H21NO5/c1-3-28-22(27)14-7-9-15(10-8-14)23-12-11-17-19(24)18-13(2)5-4-6-16(18)20(25)21(17)26/h4-10,23,26H,3,11-12H2,1-2H3. The molecule has 3 rings (SSSR count). The van der Waals surface area contributed by atoms with Crippen molar-refractivity contribution >= 4 is 23.2 Å². The molecule has 0 fully saturated rings. The van der Waals surface area contributed by atoms with Crippen LogP contribution in [0.3, 0.4) is 0 Å². The van der Waals surface area contributed by atoms with E-state index in [0.717, 1.165) is 5.69 Å². The van der Waals surface area contributed by atoms with Gasteiger partial charge in [0, 0.05) is 28.9 Å². The molecule has 0 saturated carbocycles. The molecule has 0 heterocycles. The van der Waals surface area contributed by atoms with E-state index >= 15 is 0 Å². The number of aliphatic hydroxyl groups is 1. The maximum absolute atomic E-state index is 12.8. The minimum atomic E-state index is -0.521. The summed E-state index contributed by atoms with van der Waals surface area (Å²) in [4.78, 5) is 36.8. The Balaban J connectivity index is 1.69. The largest absolute Gasteiger partial charge is 0.504 e. The lowest BCUT2D eigenvalue weighted by atomic mass is 9.84. The Morgan fingerprint density at radius 1 is 1.07 bits per heavy atom. The first-order valence-corrected chi connectivity index (χ1v) is 9.06. The Hall–Kier alpha value is -3.41. The monoisotopic (exact) mass is 379 g/mol. The van der Waals surface area contributed by atoms with Crippen molar-refractivity contribution < 1.29 is 24.2 Å². The molecule has 28 heavy (non-hydrogen) atoms. The van der Waals surface area contributed by atoms with Crippen LogP contribution in [0.4, 0.5) is 5.69 Å². The molecule has 144 valence electrons. The number of hydrogen-bond acceptors (Lipinski definition) is 6. The molecule has 0 unspecified atom stereocenters. The lowest BCUT2D eigenvalue weighted by Crippen LogP contribution is -2.24. The number of ether oxygens (including phenoxy) is 1. The fraction of sp³-hybridized carbons (Fsp3) is 0.227. The van der Waals surface area contributed by atoms with Crippen molar-refractivity contribution in [3.8, 4) is 0 Å².